The summed E-state index contributed by atoms with van der Waals surface area (Å²) in [5, 5.41) is 9.00. The van der Waals surface area contributed by atoms with Crippen molar-refractivity contribution >= 4 is 5.97 Å². The standard InChI is InChI=1S/C13H21NO2/c1-10(2)6-4-7-11(3)14-9-5-8-12(14)13(15)16/h5,8-11H,4,6-7H2,1-3H3,(H,15,16). The Labute approximate surface area is 97.1 Å². The fourth-order valence-corrected chi connectivity index (χ4v) is 1.92. The molecule has 3 heteroatoms. The number of hydrogen-bond donors (Lipinski definition) is 1. The maximum atomic E-state index is 10.9. The van der Waals surface area contributed by atoms with E-state index in [1.807, 2.05) is 10.8 Å². The quantitative estimate of drug-likeness (QED) is 0.801. The first-order valence-electron chi connectivity index (χ1n) is 5.92. The summed E-state index contributed by atoms with van der Waals surface area (Å²) in [6.07, 6.45) is 5.24. The third kappa shape index (κ3) is 3.40. The molecule has 16 heavy (non-hydrogen) atoms. The molecule has 0 amide bonds. The lowest BCUT2D eigenvalue weighted by atomic mass is 10.0. The molecule has 1 aromatic rings. The fourth-order valence-electron chi connectivity index (χ4n) is 1.92. The number of hydrogen-bond acceptors (Lipinski definition) is 1. The van der Waals surface area contributed by atoms with Gasteiger partial charge in [0, 0.05) is 12.2 Å². The number of carbonyl (C=O) groups is 1. The molecule has 90 valence electrons. The Morgan fingerprint density at radius 1 is 1.38 bits per heavy atom. The van der Waals surface area contributed by atoms with E-state index in [9.17, 15) is 4.79 Å². The van der Waals surface area contributed by atoms with Crippen LogP contribution in [-0.2, 0) is 0 Å². The summed E-state index contributed by atoms with van der Waals surface area (Å²) >= 11 is 0. The highest BCUT2D eigenvalue weighted by molar-refractivity contribution is 5.85. The van der Waals surface area contributed by atoms with Crippen LogP contribution in [0, 0.1) is 5.92 Å². The summed E-state index contributed by atoms with van der Waals surface area (Å²) in [6.45, 7) is 6.50. The molecular weight excluding hydrogens is 202 g/mol. The number of nitrogens with zero attached hydrogens (tertiary/aromatic N) is 1. The van der Waals surface area contributed by atoms with E-state index >= 15 is 0 Å². The zero-order valence-electron chi connectivity index (χ0n) is 10.3. The second-order valence-corrected chi connectivity index (χ2v) is 4.78. The molecule has 0 aliphatic rings. The number of rotatable bonds is 6. The third-order valence-corrected chi connectivity index (χ3v) is 2.88. The Balaban J connectivity index is 2.55. The van der Waals surface area contributed by atoms with E-state index in [-0.39, 0.29) is 6.04 Å². The molecule has 0 saturated carbocycles. The van der Waals surface area contributed by atoms with Gasteiger partial charge in [-0.05, 0) is 31.4 Å². The minimum Gasteiger partial charge on any atom is -0.477 e. The summed E-state index contributed by atoms with van der Waals surface area (Å²) in [6, 6.07) is 3.71. The molecule has 0 radical (unpaired) electrons. The second-order valence-electron chi connectivity index (χ2n) is 4.78. The van der Waals surface area contributed by atoms with Crippen molar-refractivity contribution in [2.45, 2.75) is 46.1 Å². The smallest absolute Gasteiger partial charge is 0.352 e. The van der Waals surface area contributed by atoms with E-state index in [0.29, 0.717) is 5.69 Å². The molecule has 0 saturated heterocycles. The Morgan fingerprint density at radius 2 is 2.06 bits per heavy atom. The van der Waals surface area contributed by atoms with Gasteiger partial charge in [0.1, 0.15) is 5.69 Å². The SMILES string of the molecule is CC(C)CCCC(C)n1cccc1C(=O)O. The van der Waals surface area contributed by atoms with E-state index in [0.717, 1.165) is 18.8 Å². The van der Waals surface area contributed by atoms with Crippen molar-refractivity contribution in [3.05, 3.63) is 24.0 Å². The van der Waals surface area contributed by atoms with Crippen LogP contribution in [0.5, 0.6) is 0 Å². The van der Waals surface area contributed by atoms with Gasteiger partial charge in [0.25, 0.3) is 0 Å². The van der Waals surface area contributed by atoms with E-state index in [4.69, 9.17) is 5.11 Å². The highest BCUT2D eigenvalue weighted by Gasteiger charge is 2.13. The predicted octanol–water partition coefficient (Wildman–Crippen LogP) is 3.57. The normalized spacial score (nSPS) is 13.0. The molecule has 1 rings (SSSR count). The average molecular weight is 223 g/mol. The number of aromatic nitrogens is 1. The van der Waals surface area contributed by atoms with Gasteiger partial charge in [0.15, 0.2) is 0 Å². The van der Waals surface area contributed by atoms with Crippen LogP contribution < -0.4 is 0 Å². The van der Waals surface area contributed by atoms with Gasteiger partial charge in [-0.1, -0.05) is 26.7 Å². The monoisotopic (exact) mass is 223 g/mol. The zero-order chi connectivity index (χ0) is 12.1. The third-order valence-electron chi connectivity index (χ3n) is 2.88. The van der Waals surface area contributed by atoms with Crippen LogP contribution in [0.3, 0.4) is 0 Å². The van der Waals surface area contributed by atoms with Crippen molar-refractivity contribution in [3.63, 3.8) is 0 Å². The maximum absolute atomic E-state index is 10.9. The summed E-state index contributed by atoms with van der Waals surface area (Å²) < 4.78 is 1.85. The molecule has 3 nitrogen and oxygen atoms in total. The Morgan fingerprint density at radius 3 is 2.62 bits per heavy atom. The zero-order valence-corrected chi connectivity index (χ0v) is 10.3. The first kappa shape index (κ1) is 12.8. The van der Waals surface area contributed by atoms with Crippen molar-refractivity contribution in [3.8, 4) is 0 Å². The maximum Gasteiger partial charge on any atom is 0.352 e. The second kappa shape index (κ2) is 5.73. The highest BCUT2D eigenvalue weighted by atomic mass is 16.4. The van der Waals surface area contributed by atoms with Gasteiger partial charge in [-0.15, -0.1) is 0 Å². The molecule has 0 fully saturated rings. The van der Waals surface area contributed by atoms with E-state index < -0.39 is 5.97 Å². The lowest BCUT2D eigenvalue weighted by molar-refractivity contribution is 0.0682. The molecule has 1 atom stereocenters. The summed E-state index contributed by atoms with van der Waals surface area (Å²) in [7, 11) is 0. The molecule has 0 spiro atoms. The summed E-state index contributed by atoms with van der Waals surface area (Å²) in [4.78, 5) is 10.9. The summed E-state index contributed by atoms with van der Waals surface area (Å²) in [5.41, 5.74) is 0.386. The first-order valence-corrected chi connectivity index (χ1v) is 5.92. The van der Waals surface area contributed by atoms with Gasteiger partial charge in [-0.25, -0.2) is 4.79 Å². The number of carboxylic acids is 1. The average Bonchev–Trinajstić information content (AvgIpc) is 2.65. The minimum absolute atomic E-state index is 0.264. The van der Waals surface area contributed by atoms with Gasteiger partial charge >= 0.3 is 5.97 Å². The molecule has 0 aliphatic carbocycles. The molecule has 0 bridgehead atoms. The predicted molar refractivity (Wildman–Crippen MR) is 64.8 cm³/mol. The van der Waals surface area contributed by atoms with Crippen LogP contribution in [0.2, 0.25) is 0 Å². The largest absolute Gasteiger partial charge is 0.477 e. The molecule has 0 aromatic carbocycles. The van der Waals surface area contributed by atoms with Crippen LogP contribution in [0.25, 0.3) is 0 Å². The highest BCUT2D eigenvalue weighted by Crippen LogP contribution is 2.19. The van der Waals surface area contributed by atoms with Crippen molar-refractivity contribution in [2.75, 3.05) is 0 Å². The van der Waals surface area contributed by atoms with Crippen LogP contribution in [-0.4, -0.2) is 15.6 Å². The molecule has 1 heterocycles. The molecule has 1 N–H and O–H groups in total. The first-order chi connectivity index (χ1) is 7.52. The van der Waals surface area contributed by atoms with Crippen LogP contribution in [0.15, 0.2) is 18.3 Å². The van der Waals surface area contributed by atoms with Crippen LogP contribution in [0.4, 0.5) is 0 Å². The van der Waals surface area contributed by atoms with Crippen molar-refractivity contribution in [1.29, 1.82) is 0 Å². The van der Waals surface area contributed by atoms with E-state index in [2.05, 4.69) is 20.8 Å². The van der Waals surface area contributed by atoms with Gasteiger partial charge in [0.05, 0.1) is 0 Å². The Kier molecular flexibility index (Phi) is 4.59. The fraction of sp³-hybridized carbons (Fsp3) is 0.615. The Bertz CT molecular complexity index is 341. The topological polar surface area (TPSA) is 42.2 Å². The van der Waals surface area contributed by atoms with Crippen molar-refractivity contribution in [2.24, 2.45) is 5.92 Å². The minimum atomic E-state index is -0.847. The molecule has 0 aliphatic heterocycles. The molecular formula is C13H21NO2. The lowest BCUT2D eigenvalue weighted by Crippen LogP contribution is -2.12. The van der Waals surface area contributed by atoms with Crippen LogP contribution >= 0.6 is 0 Å². The van der Waals surface area contributed by atoms with Crippen molar-refractivity contribution in [1.82, 2.24) is 4.57 Å². The molecule has 1 aromatic heterocycles. The number of carboxylic acid groups (broad SMARTS) is 1. The van der Waals surface area contributed by atoms with E-state index in [1.54, 1.807) is 12.1 Å². The summed E-state index contributed by atoms with van der Waals surface area (Å²) in [5.74, 6) is -0.128. The van der Waals surface area contributed by atoms with Gasteiger partial charge in [-0.2, -0.15) is 0 Å². The van der Waals surface area contributed by atoms with Crippen molar-refractivity contribution < 1.29 is 9.90 Å². The van der Waals surface area contributed by atoms with E-state index in [1.165, 1.54) is 6.42 Å². The van der Waals surface area contributed by atoms with Gasteiger partial charge in [0.2, 0.25) is 0 Å². The Hall–Kier alpha value is -1.25. The van der Waals surface area contributed by atoms with Gasteiger partial charge in [-0.3, -0.25) is 0 Å². The van der Waals surface area contributed by atoms with Crippen LogP contribution in [0.1, 0.15) is 56.6 Å². The number of aromatic carboxylic acids is 1. The molecule has 1 unspecified atom stereocenters. The van der Waals surface area contributed by atoms with Gasteiger partial charge < -0.3 is 9.67 Å². The lowest BCUT2D eigenvalue weighted by Gasteiger charge is -2.16.